The molecular formula is C16H20FN3O3S. The van der Waals surface area contributed by atoms with E-state index in [2.05, 4.69) is 9.82 Å². The van der Waals surface area contributed by atoms with Crippen LogP contribution in [0.2, 0.25) is 0 Å². The molecule has 1 aromatic heterocycles. The molecule has 2 aromatic rings. The molecule has 1 N–H and O–H groups in total. The van der Waals surface area contributed by atoms with Gasteiger partial charge in [0.15, 0.2) is 0 Å². The highest BCUT2D eigenvalue weighted by Crippen LogP contribution is 2.16. The maximum absolute atomic E-state index is 12.9. The van der Waals surface area contributed by atoms with Crippen molar-refractivity contribution in [3.63, 3.8) is 0 Å². The summed E-state index contributed by atoms with van der Waals surface area (Å²) in [5.41, 5.74) is 0.930. The minimum Gasteiger partial charge on any atom is -0.376 e. The zero-order valence-corrected chi connectivity index (χ0v) is 14.0. The number of nitrogens with zero attached hydrogens (tertiary/aromatic N) is 2. The van der Waals surface area contributed by atoms with Crippen molar-refractivity contribution in [3.05, 3.63) is 48.0 Å². The van der Waals surface area contributed by atoms with E-state index < -0.39 is 15.8 Å². The Morgan fingerprint density at radius 3 is 2.79 bits per heavy atom. The van der Waals surface area contributed by atoms with Crippen molar-refractivity contribution in [2.75, 3.05) is 11.3 Å². The molecule has 1 aliphatic heterocycles. The van der Waals surface area contributed by atoms with Gasteiger partial charge in [0.2, 0.25) is 10.0 Å². The number of aromatic nitrogens is 2. The maximum atomic E-state index is 12.9. The van der Waals surface area contributed by atoms with Crippen molar-refractivity contribution in [2.24, 2.45) is 0 Å². The van der Waals surface area contributed by atoms with Gasteiger partial charge in [0.25, 0.3) is 0 Å². The van der Waals surface area contributed by atoms with Crippen LogP contribution >= 0.6 is 0 Å². The Hall–Kier alpha value is -1.93. The molecule has 24 heavy (non-hydrogen) atoms. The second kappa shape index (κ2) is 7.31. The van der Waals surface area contributed by atoms with Crippen LogP contribution in [0.1, 0.15) is 24.8 Å². The first-order chi connectivity index (χ1) is 11.5. The molecule has 8 heteroatoms. The van der Waals surface area contributed by atoms with Crippen LogP contribution in [-0.2, 0) is 27.1 Å². The molecule has 3 rings (SSSR count). The molecule has 1 atom stereocenters. The smallest absolute Gasteiger partial charge is 0.237 e. The van der Waals surface area contributed by atoms with Crippen LogP contribution in [0.3, 0.4) is 0 Å². The number of rotatable bonds is 6. The van der Waals surface area contributed by atoms with Gasteiger partial charge >= 0.3 is 0 Å². The molecule has 0 bridgehead atoms. The van der Waals surface area contributed by atoms with E-state index in [1.807, 2.05) is 0 Å². The summed E-state index contributed by atoms with van der Waals surface area (Å²) >= 11 is 0. The molecule has 1 aliphatic rings. The molecule has 1 unspecified atom stereocenters. The second-order valence-corrected chi connectivity index (χ2v) is 7.65. The van der Waals surface area contributed by atoms with Gasteiger partial charge in [0.05, 0.1) is 30.3 Å². The van der Waals surface area contributed by atoms with E-state index in [0.717, 1.165) is 25.9 Å². The summed E-state index contributed by atoms with van der Waals surface area (Å²) in [5.74, 6) is -0.611. The molecule has 1 fully saturated rings. The molecular weight excluding hydrogens is 333 g/mol. The van der Waals surface area contributed by atoms with Gasteiger partial charge in [-0.15, -0.1) is 0 Å². The van der Waals surface area contributed by atoms with Crippen LogP contribution in [0, 0.1) is 5.82 Å². The lowest BCUT2D eigenvalue weighted by Gasteiger charge is -2.22. The van der Waals surface area contributed by atoms with Crippen LogP contribution in [0.4, 0.5) is 10.1 Å². The SMILES string of the molecule is O=S(=O)(Cc1ccc(F)cc1)Nc1cnn(CC2CCCCO2)c1. The third-order valence-electron chi connectivity index (χ3n) is 3.84. The Morgan fingerprint density at radius 2 is 2.08 bits per heavy atom. The summed E-state index contributed by atoms with van der Waals surface area (Å²) in [6.45, 7) is 1.38. The largest absolute Gasteiger partial charge is 0.376 e. The Morgan fingerprint density at radius 1 is 1.29 bits per heavy atom. The molecule has 0 amide bonds. The van der Waals surface area contributed by atoms with Gasteiger partial charge in [-0.25, -0.2) is 12.8 Å². The summed E-state index contributed by atoms with van der Waals surface area (Å²) in [6, 6.07) is 5.40. The lowest BCUT2D eigenvalue weighted by atomic mass is 10.1. The standard InChI is InChI=1S/C16H20FN3O3S/c17-14-6-4-13(5-7-14)12-24(21,22)19-15-9-18-20(10-15)11-16-3-1-2-8-23-16/h4-7,9-10,16,19H,1-3,8,11-12H2. The van der Waals surface area contributed by atoms with Crippen molar-refractivity contribution in [1.29, 1.82) is 0 Å². The molecule has 1 aromatic carbocycles. The molecule has 1 saturated heterocycles. The van der Waals surface area contributed by atoms with E-state index >= 15 is 0 Å². The highest BCUT2D eigenvalue weighted by molar-refractivity contribution is 7.91. The van der Waals surface area contributed by atoms with Gasteiger partial charge in [-0.2, -0.15) is 5.10 Å². The Labute approximate surface area is 140 Å². The van der Waals surface area contributed by atoms with Gasteiger partial charge in [0.1, 0.15) is 5.82 Å². The number of anilines is 1. The van der Waals surface area contributed by atoms with E-state index in [4.69, 9.17) is 4.74 Å². The Bertz CT molecular complexity index is 768. The number of sulfonamides is 1. The maximum Gasteiger partial charge on any atom is 0.237 e. The quantitative estimate of drug-likeness (QED) is 0.866. The van der Waals surface area contributed by atoms with Gasteiger partial charge < -0.3 is 4.74 Å². The first kappa shape index (κ1) is 16.9. The number of benzene rings is 1. The average Bonchev–Trinajstić information content (AvgIpc) is 2.96. The second-order valence-electron chi connectivity index (χ2n) is 5.93. The molecule has 0 aliphatic carbocycles. The summed E-state index contributed by atoms with van der Waals surface area (Å²) in [4.78, 5) is 0. The Balaban J connectivity index is 1.59. The third-order valence-corrected chi connectivity index (χ3v) is 5.10. The average molecular weight is 353 g/mol. The molecule has 6 nitrogen and oxygen atoms in total. The monoisotopic (exact) mass is 353 g/mol. The number of nitrogens with one attached hydrogen (secondary N) is 1. The molecule has 0 saturated carbocycles. The highest BCUT2D eigenvalue weighted by Gasteiger charge is 2.16. The summed E-state index contributed by atoms with van der Waals surface area (Å²) < 4.78 is 47.1. The van der Waals surface area contributed by atoms with E-state index in [0.29, 0.717) is 17.8 Å². The first-order valence-corrected chi connectivity index (χ1v) is 9.54. The zero-order valence-electron chi connectivity index (χ0n) is 13.2. The van der Waals surface area contributed by atoms with Crippen LogP contribution in [0.5, 0.6) is 0 Å². The summed E-state index contributed by atoms with van der Waals surface area (Å²) in [5, 5.41) is 4.17. The van der Waals surface area contributed by atoms with Crippen molar-refractivity contribution >= 4 is 15.7 Å². The van der Waals surface area contributed by atoms with Gasteiger partial charge in [-0.1, -0.05) is 12.1 Å². The minimum absolute atomic E-state index is 0.127. The number of hydrogen-bond donors (Lipinski definition) is 1. The fourth-order valence-corrected chi connectivity index (χ4v) is 3.86. The van der Waals surface area contributed by atoms with Crippen LogP contribution in [0.15, 0.2) is 36.7 Å². The minimum atomic E-state index is -3.58. The fraction of sp³-hybridized carbons (Fsp3) is 0.438. The first-order valence-electron chi connectivity index (χ1n) is 7.89. The van der Waals surface area contributed by atoms with E-state index in [1.165, 1.54) is 30.5 Å². The molecule has 0 spiro atoms. The number of hydrogen-bond acceptors (Lipinski definition) is 4. The zero-order chi connectivity index (χ0) is 17.0. The predicted molar refractivity (Wildman–Crippen MR) is 88.5 cm³/mol. The van der Waals surface area contributed by atoms with Gasteiger partial charge in [-0.05, 0) is 37.0 Å². The molecule has 0 radical (unpaired) electrons. The van der Waals surface area contributed by atoms with Crippen molar-refractivity contribution in [2.45, 2.75) is 37.7 Å². The van der Waals surface area contributed by atoms with Crippen LogP contribution in [0.25, 0.3) is 0 Å². The van der Waals surface area contributed by atoms with Crippen LogP contribution in [-0.4, -0.2) is 30.9 Å². The topological polar surface area (TPSA) is 73.2 Å². The van der Waals surface area contributed by atoms with Crippen molar-refractivity contribution < 1.29 is 17.5 Å². The van der Waals surface area contributed by atoms with E-state index in [9.17, 15) is 12.8 Å². The van der Waals surface area contributed by atoms with Gasteiger partial charge in [0, 0.05) is 12.8 Å². The fourth-order valence-electron chi connectivity index (χ4n) is 2.69. The van der Waals surface area contributed by atoms with Crippen LogP contribution < -0.4 is 4.72 Å². The lowest BCUT2D eigenvalue weighted by molar-refractivity contribution is 0.00401. The lowest BCUT2D eigenvalue weighted by Crippen LogP contribution is -2.24. The molecule has 130 valence electrons. The normalized spacial score (nSPS) is 18.5. The van der Waals surface area contributed by atoms with Crippen molar-refractivity contribution in [3.8, 4) is 0 Å². The van der Waals surface area contributed by atoms with Crippen molar-refractivity contribution in [1.82, 2.24) is 9.78 Å². The van der Waals surface area contributed by atoms with E-state index in [-0.39, 0.29) is 11.9 Å². The Kier molecular flexibility index (Phi) is 5.15. The highest BCUT2D eigenvalue weighted by atomic mass is 32.2. The number of ether oxygens (including phenoxy) is 1. The third kappa shape index (κ3) is 4.78. The summed E-state index contributed by atoms with van der Waals surface area (Å²) in [7, 11) is -3.58. The predicted octanol–water partition coefficient (Wildman–Crippen LogP) is 2.53. The molecule has 2 heterocycles. The summed E-state index contributed by atoms with van der Waals surface area (Å²) in [6.07, 6.45) is 6.48. The number of halogens is 1. The van der Waals surface area contributed by atoms with E-state index in [1.54, 1.807) is 10.9 Å². The van der Waals surface area contributed by atoms with Gasteiger partial charge in [-0.3, -0.25) is 9.40 Å².